The largest absolute Gasteiger partial charge is 0.494 e. The molecular weight excluding hydrogens is 342 g/mol. The van der Waals surface area contributed by atoms with Crippen LogP contribution in [0.15, 0.2) is 42.5 Å². The fourth-order valence-corrected chi connectivity index (χ4v) is 2.17. The Kier molecular flexibility index (Phi) is 6.10. The van der Waals surface area contributed by atoms with Gasteiger partial charge >= 0.3 is 5.97 Å². The highest BCUT2D eigenvalue weighted by atomic mass is 16.6. The molecule has 0 heterocycles. The molecule has 0 radical (unpaired) electrons. The van der Waals surface area contributed by atoms with Gasteiger partial charge in [-0.25, -0.2) is 4.79 Å². The maximum Gasteiger partial charge on any atom is 0.340 e. The van der Waals surface area contributed by atoms with E-state index in [1.165, 1.54) is 25.3 Å². The second-order valence-corrected chi connectivity index (χ2v) is 5.06. The van der Waals surface area contributed by atoms with Gasteiger partial charge in [0.05, 0.1) is 29.4 Å². The normalized spacial score (nSPS) is 9.92. The van der Waals surface area contributed by atoms with Gasteiger partial charge in [0.1, 0.15) is 5.75 Å². The molecular formula is C17H17N3O6. The number of carbonyl (C=O) groups is 2. The quantitative estimate of drug-likeness (QED) is 0.442. The lowest BCUT2D eigenvalue weighted by Gasteiger charge is -2.11. The minimum atomic E-state index is -0.652. The second kappa shape index (κ2) is 8.47. The molecule has 1 amide bonds. The van der Waals surface area contributed by atoms with Gasteiger partial charge in [-0.2, -0.15) is 0 Å². The van der Waals surface area contributed by atoms with Gasteiger partial charge in [0.25, 0.3) is 11.6 Å². The summed E-state index contributed by atoms with van der Waals surface area (Å²) in [6, 6.07) is 10.5. The molecule has 2 N–H and O–H groups in total. The van der Waals surface area contributed by atoms with Crippen molar-refractivity contribution >= 4 is 28.9 Å². The van der Waals surface area contributed by atoms with Crippen LogP contribution in [0, 0.1) is 10.1 Å². The zero-order valence-corrected chi connectivity index (χ0v) is 14.1. The number of nitrogens with zero attached hydrogens (tertiary/aromatic N) is 1. The Morgan fingerprint density at radius 3 is 2.54 bits per heavy atom. The third-order valence-corrected chi connectivity index (χ3v) is 3.42. The second-order valence-electron chi connectivity index (χ2n) is 5.06. The van der Waals surface area contributed by atoms with Crippen LogP contribution in [0.2, 0.25) is 0 Å². The number of carbonyl (C=O) groups excluding carboxylic acids is 2. The van der Waals surface area contributed by atoms with E-state index in [4.69, 9.17) is 9.47 Å². The van der Waals surface area contributed by atoms with Gasteiger partial charge in [-0.05, 0) is 18.2 Å². The SMILES string of the molecule is CNc1ccccc1C(=O)OCC(=O)Nc1ccc([N+](=O)[O-])cc1OC. The first-order valence-electron chi connectivity index (χ1n) is 7.52. The van der Waals surface area contributed by atoms with E-state index in [1.807, 2.05) is 0 Å². The van der Waals surface area contributed by atoms with Crippen molar-refractivity contribution in [2.75, 3.05) is 31.4 Å². The molecule has 2 aromatic carbocycles. The first-order chi connectivity index (χ1) is 12.5. The molecule has 0 bridgehead atoms. The highest BCUT2D eigenvalue weighted by Gasteiger charge is 2.16. The summed E-state index contributed by atoms with van der Waals surface area (Å²) in [7, 11) is 2.99. The van der Waals surface area contributed by atoms with Gasteiger partial charge in [-0.3, -0.25) is 14.9 Å². The number of nitrogens with one attached hydrogen (secondary N) is 2. The van der Waals surface area contributed by atoms with Crippen molar-refractivity contribution in [3.8, 4) is 5.75 Å². The number of amides is 1. The predicted octanol–water partition coefficient (Wildman–Crippen LogP) is 2.44. The monoisotopic (exact) mass is 359 g/mol. The summed E-state index contributed by atoms with van der Waals surface area (Å²) in [4.78, 5) is 34.3. The lowest BCUT2D eigenvalue weighted by atomic mass is 10.2. The van der Waals surface area contributed by atoms with E-state index >= 15 is 0 Å². The van der Waals surface area contributed by atoms with Crippen LogP contribution in [0.25, 0.3) is 0 Å². The van der Waals surface area contributed by atoms with E-state index in [-0.39, 0.29) is 17.1 Å². The summed E-state index contributed by atoms with van der Waals surface area (Å²) in [5.41, 5.74) is 0.940. The number of esters is 1. The van der Waals surface area contributed by atoms with Gasteiger partial charge in [0.15, 0.2) is 6.61 Å². The minimum Gasteiger partial charge on any atom is -0.494 e. The van der Waals surface area contributed by atoms with E-state index in [2.05, 4.69) is 10.6 Å². The summed E-state index contributed by atoms with van der Waals surface area (Å²) in [5.74, 6) is -1.13. The fraction of sp³-hybridized carbons (Fsp3) is 0.176. The fourth-order valence-electron chi connectivity index (χ4n) is 2.17. The van der Waals surface area contributed by atoms with E-state index in [1.54, 1.807) is 31.3 Å². The molecule has 0 aliphatic carbocycles. The Morgan fingerprint density at radius 2 is 1.88 bits per heavy atom. The van der Waals surface area contributed by atoms with Crippen LogP contribution < -0.4 is 15.4 Å². The van der Waals surface area contributed by atoms with Crippen LogP contribution in [-0.4, -0.2) is 37.6 Å². The number of ether oxygens (including phenoxy) is 2. The Labute approximate surface area is 149 Å². The van der Waals surface area contributed by atoms with E-state index in [0.29, 0.717) is 11.3 Å². The molecule has 26 heavy (non-hydrogen) atoms. The molecule has 0 fully saturated rings. The molecule has 0 saturated heterocycles. The number of nitro groups is 1. The molecule has 2 rings (SSSR count). The molecule has 136 valence electrons. The summed E-state index contributed by atoms with van der Waals surface area (Å²) < 4.78 is 10.0. The van der Waals surface area contributed by atoms with E-state index in [9.17, 15) is 19.7 Å². The lowest BCUT2D eigenvalue weighted by molar-refractivity contribution is -0.384. The smallest absolute Gasteiger partial charge is 0.340 e. The van der Waals surface area contributed by atoms with Crippen LogP contribution in [0.1, 0.15) is 10.4 Å². The van der Waals surface area contributed by atoms with Crippen LogP contribution in [-0.2, 0) is 9.53 Å². The van der Waals surface area contributed by atoms with Crippen molar-refractivity contribution in [3.05, 3.63) is 58.1 Å². The number of nitro benzene ring substituents is 1. The van der Waals surface area contributed by atoms with E-state index < -0.39 is 23.4 Å². The molecule has 9 heteroatoms. The highest BCUT2D eigenvalue weighted by Crippen LogP contribution is 2.28. The molecule has 9 nitrogen and oxygen atoms in total. The lowest BCUT2D eigenvalue weighted by Crippen LogP contribution is -2.21. The average Bonchev–Trinajstić information content (AvgIpc) is 2.66. The molecule has 0 unspecified atom stereocenters. The van der Waals surface area contributed by atoms with Crippen molar-refractivity contribution in [2.24, 2.45) is 0 Å². The average molecular weight is 359 g/mol. The van der Waals surface area contributed by atoms with Crippen molar-refractivity contribution in [1.82, 2.24) is 0 Å². The maximum atomic E-state index is 12.1. The molecule has 0 spiro atoms. The van der Waals surface area contributed by atoms with Gasteiger partial charge < -0.3 is 20.1 Å². The number of non-ortho nitro benzene ring substituents is 1. The first-order valence-corrected chi connectivity index (χ1v) is 7.52. The molecule has 0 saturated carbocycles. The Bertz CT molecular complexity index is 837. The Morgan fingerprint density at radius 1 is 1.15 bits per heavy atom. The Balaban J connectivity index is 2.01. The molecule has 2 aromatic rings. The predicted molar refractivity (Wildman–Crippen MR) is 94.5 cm³/mol. The summed E-state index contributed by atoms with van der Waals surface area (Å²) >= 11 is 0. The zero-order chi connectivity index (χ0) is 19.1. The number of methoxy groups -OCH3 is 1. The number of rotatable bonds is 7. The van der Waals surface area contributed by atoms with Gasteiger partial charge in [-0.15, -0.1) is 0 Å². The Hall–Kier alpha value is -3.62. The third-order valence-electron chi connectivity index (χ3n) is 3.42. The number of para-hydroxylation sites is 1. The number of anilines is 2. The number of hydrogen-bond donors (Lipinski definition) is 2. The van der Waals surface area contributed by atoms with Gasteiger partial charge in [0, 0.05) is 18.8 Å². The van der Waals surface area contributed by atoms with Crippen molar-refractivity contribution in [3.63, 3.8) is 0 Å². The number of hydrogen-bond acceptors (Lipinski definition) is 7. The third kappa shape index (κ3) is 4.47. The van der Waals surface area contributed by atoms with Crippen LogP contribution in [0.5, 0.6) is 5.75 Å². The van der Waals surface area contributed by atoms with Gasteiger partial charge in [0.2, 0.25) is 0 Å². The van der Waals surface area contributed by atoms with E-state index in [0.717, 1.165) is 0 Å². The van der Waals surface area contributed by atoms with Crippen LogP contribution in [0.3, 0.4) is 0 Å². The van der Waals surface area contributed by atoms with Crippen LogP contribution >= 0.6 is 0 Å². The zero-order valence-electron chi connectivity index (χ0n) is 14.1. The molecule has 0 atom stereocenters. The van der Waals surface area contributed by atoms with Crippen molar-refractivity contribution < 1.29 is 24.0 Å². The van der Waals surface area contributed by atoms with Crippen molar-refractivity contribution in [2.45, 2.75) is 0 Å². The minimum absolute atomic E-state index is 0.124. The first kappa shape index (κ1) is 18.7. The maximum absolute atomic E-state index is 12.1. The summed E-state index contributed by atoms with van der Waals surface area (Å²) in [6.45, 7) is -0.517. The summed E-state index contributed by atoms with van der Waals surface area (Å²) in [5, 5.41) is 16.1. The highest BCUT2D eigenvalue weighted by molar-refractivity contribution is 5.99. The number of benzene rings is 2. The van der Waals surface area contributed by atoms with Crippen LogP contribution in [0.4, 0.5) is 17.1 Å². The molecule has 0 aliphatic heterocycles. The standard InChI is InChI=1S/C17H17N3O6/c1-18-13-6-4-3-5-12(13)17(22)26-10-16(21)19-14-8-7-11(20(23)24)9-15(14)25-2/h3-9,18H,10H2,1-2H3,(H,19,21). The molecule has 0 aliphatic rings. The van der Waals surface area contributed by atoms with Gasteiger partial charge in [-0.1, -0.05) is 12.1 Å². The topological polar surface area (TPSA) is 120 Å². The van der Waals surface area contributed by atoms with Crippen molar-refractivity contribution in [1.29, 1.82) is 0 Å². The molecule has 0 aromatic heterocycles. The summed E-state index contributed by atoms with van der Waals surface area (Å²) in [6.07, 6.45) is 0.